The second kappa shape index (κ2) is 7.72. The molecule has 12 heteroatoms. The van der Waals surface area contributed by atoms with Gasteiger partial charge in [-0.05, 0) is 12.2 Å². The molecule has 3 rings (SSSR count). The van der Waals surface area contributed by atoms with Crippen molar-refractivity contribution in [3.8, 4) is 0 Å². The number of aliphatic hydroxyl groups excluding tert-OH is 2. The predicted octanol–water partition coefficient (Wildman–Crippen LogP) is -1.90. The molecule has 1 saturated heterocycles. The molecule has 0 aliphatic carbocycles. The first-order chi connectivity index (χ1) is 12.4. The van der Waals surface area contributed by atoms with E-state index in [0.29, 0.717) is 12.2 Å². The number of aliphatic hydroxyl groups is 2. The highest BCUT2D eigenvalue weighted by atomic mass is 32.1. The Morgan fingerprint density at radius 1 is 1.42 bits per heavy atom. The highest BCUT2D eigenvalue weighted by Crippen LogP contribution is 2.30. The van der Waals surface area contributed by atoms with Gasteiger partial charge in [0.2, 0.25) is 0 Å². The third kappa shape index (κ3) is 3.46. The lowest BCUT2D eigenvalue weighted by Gasteiger charge is -2.19. The quantitative estimate of drug-likeness (QED) is 0.299. The number of hydrogen-bond donors (Lipinski definition) is 6. The number of fused-ring (bicyclic) bond motifs is 1. The van der Waals surface area contributed by atoms with Crippen LogP contribution < -0.4 is 10.9 Å². The first kappa shape index (κ1) is 18.8. The van der Waals surface area contributed by atoms with Crippen molar-refractivity contribution in [1.29, 1.82) is 0 Å². The molecular weight excluding hydrogens is 366 g/mol. The highest BCUT2D eigenvalue weighted by Gasteiger charge is 2.44. The number of imidazole rings is 1. The molecule has 0 unspecified atom stereocenters. The lowest BCUT2D eigenvalue weighted by atomic mass is 10.1. The fraction of sp³-hybridized carbons (Fsp3) is 0.571. The minimum atomic E-state index is -1.30. The lowest BCUT2D eigenvalue weighted by Crippen LogP contribution is -2.44. The Morgan fingerprint density at radius 3 is 2.88 bits per heavy atom. The van der Waals surface area contributed by atoms with Gasteiger partial charge in [-0.3, -0.25) is 14.2 Å². The van der Waals surface area contributed by atoms with Crippen LogP contribution in [-0.4, -0.2) is 77.5 Å². The van der Waals surface area contributed by atoms with Gasteiger partial charge in [0.05, 0.1) is 12.7 Å². The van der Waals surface area contributed by atoms with E-state index in [-0.39, 0.29) is 17.7 Å². The molecular formula is C14H19N5O6S. The second-order valence-corrected chi connectivity index (χ2v) is 6.36. The van der Waals surface area contributed by atoms with Gasteiger partial charge in [0.1, 0.15) is 24.4 Å². The highest BCUT2D eigenvalue weighted by molar-refractivity contribution is 7.80. The normalized spacial score (nSPS) is 27.0. The molecule has 2 aromatic rings. The molecule has 26 heavy (non-hydrogen) atoms. The van der Waals surface area contributed by atoms with Gasteiger partial charge < -0.3 is 30.4 Å². The summed E-state index contributed by atoms with van der Waals surface area (Å²) in [6.45, 7) is 0.0140. The molecule has 2 aromatic heterocycles. The van der Waals surface area contributed by atoms with Crippen LogP contribution in [0, 0.1) is 0 Å². The van der Waals surface area contributed by atoms with E-state index in [0.717, 1.165) is 0 Å². The molecule has 5 atom stereocenters. The van der Waals surface area contributed by atoms with Crippen molar-refractivity contribution in [2.75, 3.05) is 12.3 Å². The third-order valence-electron chi connectivity index (χ3n) is 4.26. The van der Waals surface area contributed by atoms with E-state index >= 15 is 0 Å². The largest absolute Gasteiger partial charge is 0.480 e. The molecule has 1 aliphatic rings. The Morgan fingerprint density at radius 2 is 2.19 bits per heavy atom. The number of H-pyrrole nitrogens is 1. The summed E-state index contributed by atoms with van der Waals surface area (Å²) in [7, 11) is 0. The van der Waals surface area contributed by atoms with Gasteiger partial charge in [-0.1, -0.05) is 0 Å². The summed E-state index contributed by atoms with van der Waals surface area (Å²) in [6.07, 6.45) is -1.61. The Hall–Kier alpha value is -1.99. The molecule has 1 aliphatic heterocycles. The van der Waals surface area contributed by atoms with Crippen LogP contribution in [0.5, 0.6) is 0 Å². The summed E-state index contributed by atoms with van der Waals surface area (Å²) in [5.41, 5.74) is -0.146. The number of carboxylic acid groups (broad SMARTS) is 1. The van der Waals surface area contributed by atoms with Gasteiger partial charge in [-0.25, -0.2) is 9.97 Å². The molecule has 11 nitrogen and oxygen atoms in total. The molecule has 0 radical (unpaired) electrons. The van der Waals surface area contributed by atoms with Crippen LogP contribution in [0.25, 0.3) is 11.2 Å². The predicted molar refractivity (Wildman–Crippen MR) is 92.0 cm³/mol. The van der Waals surface area contributed by atoms with Crippen molar-refractivity contribution in [2.45, 2.75) is 37.0 Å². The number of thiol groups is 1. The van der Waals surface area contributed by atoms with Gasteiger partial charge in [0, 0.05) is 6.54 Å². The van der Waals surface area contributed by atoms with E-state index in [1.54, 1.807) is 0 Å². The lowest BCUT2D eigenvalue weighted by molar-refractivity contribution is -0.139. The summed E-state index contributed by atoms with van der Waals surface area (Å²) in [6, 6.07) is -0.839. The van der Waals surface area contributed by atoms with E-state index in [4.69, 9.17) is 9.84 Å². The van der Waals surface area contributed by atoms with Crippen LogP contribution in [0.15, 0.2) is 17.4 Å². The van der Waals surface area contributed by atoms with Gasteiger partial charge in [0.25, 0.3) is 5.56 Å². The molecule has 0 bridgehead atoms. The van der Waals surface area contributed by atoms with Crippen molar-refractivity contribution in [3.63, 3.8) is 0 Å². The number of ether oxygens (including phenoxy) is 1. The fourth-order valence-corrected chi connectivity index (χ4v) is 3.14. The van der Waals surface area contributed by atoms with Crippen molar-refractivity contribution in [3.05, 3.63) is 23.0 Å². The SMILES string of the molecule is O=C(O)[C@H](CCS)NC[C@H]1O[C@@H](n2cnc3c(=O)[nH]cnc32)[C@H](O)[C@@H]1O. The minimum absolute atomic E-state index is 0.0140. The number of aromatic amines is 1. The maximum Gasteiger partial charge on any atom is 0.320 e. The van der Waals surface area contributed by atoms with Crippen LogP contribution in [0.3, 0.4) is 0 Å². The van der Waals surface area contributed by atoms with Crippen LogP contribution in [0.4, 0.5) is 0 Å². The van der Waals surface area contributed by atoms with Crippen molar-refractivity contribution in [2.24, 2.45) is 0 Å². The summed E-state index contributed by atoms with van der Waals surface area (Å²) >= 11 is 4.02. The summed E-state index contributed by atoms with van der Waals surface area (Å²) < 4.78 is 7.04. The van der Waals surface area contributed by atoms with E-state index in [1.807, 2.05) is 0 Å². The number of nitrogens with one attached hydrogen (secondary N) is 2. The van der Waals surface area contributed by atoms with Crippen LogP contribution >= 0.6 is 12.6 Å². The number of aliphatic carboxylic acids is 1. The monoisotopic (exact) mass is 385 g/mol. The topological polar surface area (TPSA) is 163 Å². The summed E-state index contributed by atoms with van der Waals surface area (Å²) in [5.74, 6) is -0.655. The maximum atomic E-state index is 11.7. The van der Waals surface area contributed by atoms with Crippen LogP contribution in [0.1, 0.15) is 12.6 Å². The van der Waals surface area contributed by atoms with Gasteiger partial charge in [-0.2, -0.15) is 12.6 Å². The second-order valence-electron chi connectivity index (χ2n) is 5.91. The smallest absolute Gasteiger partial charge is 0.320 e. The minimum Gasteiger partial charge on any atom is -0.480 e. The number of carboxylic acids is 1. The molecule has 0 spiro atoms. The van der Waals surface area contributed by atoms with Gasteiger partial charge >= 0.3 is 5.97 Å². The number of carbonyl (C=O) groups is 1. The van der Waals surface area contributed by atoms with E-state index < -0.39 is 42.1 Å². The van der Waals surface area contributed by atoms with E-state index in [1.165, 1.54) is 17.2 Å². The number of aromatic nitrogens is 4. The average Bonchev–Trinajstić information content (AvgIpc) is 3.15. The fourth-order valence-electron chi connectivity index (χ4n) is 2.88. The molecule has 0 saturated carbocycles. The van der Waals surface area contributed by atoms with Crippen LogP contribution in [0.2, 0.25) is 0 Å². The average molecular weight is 385 g/mol. The number of nitrogens with zero attached hydrogens (tertiary/aromatic N) is 3. The summed E-state index contributed by atoms with van der Waals surface area (Å²) in [5, 5.41) is 32.5. The Bertz CT molecular complexity index is 841. The molecule has 5 N–H and O–H groups in total. The zero-order chi connectivity index (χ0) is 18.8. The van der Waals surface area contributed by atoms with Crippen molar-refractivity contribution >= 4 is 29.8 Å². The standard InChI is InChI=1S/C14H19N5O6S/c20-9-7(3-15-6(1-2-26)14(23)24)25-13(10(9)21)19-5-18-8-11(19)16-4-17-12(8)22/h4-7,9-10,13,15,20-21,26H,1-3H2,(H,23,24)(H,16,17,22)/t6-,7+,9+,10+,13+/m0/s1. The molecule has 0 aromatic carbocycles. The van der Waals surface area contributed by atoms with Crippen LogP contribution in [-0.2, 0) is 9.53 Å². The van der Waals surface area contributed by atoms with E-state index in [2.05, 4.69) is 32.9 Å². The Labute approximate surface area is 152 Å². The van der Waals surface area contributed by atoms with Gasteiger partial charge in [0.15, 0.2) is 17.4 Å². The first-order valence-corrected chi connectivity index (χ1v) is 8.56. The molecule has 0 amide bonds. The molecule has 1 fully saturated rings. The maximum absolute atomic E-state index is 11.7. The Balaban J connectivity index is 1.76. The molecule has 142 valence electrons. The molecule has 3 heterocycles. The Kier molecular flexibility index (Phi) is 5.58. The number of hydrogen-bond acceptors (Lipinski definition) is 9. The number of rotatable bonds is 7. The zero-order valence-corrected chi connectivity index (χ0v) is 14.4. The van der Waals surface area contributed by atoms with Gasteiger partial charge in [-0.15, -0.1) is 0 Å². The first-order valence-electron chi connectivity index (χ1n) is 7.93. The van der Waals surface area contributed by atoms with Crippen molar-refractivity contribution < 1.29 is 24.9 Å². The zero-order valence-electron chi connectivity index (χ0n) is 13.5. The van der Waals surface area contributed by atoms with Crippen molar-refractivity contribution in [1.82, 2.24) is 24.8 Å². The van der Waals surface area contributed by atoms with E-state index in [9.17, 15) is 19.8 Å². The third-order valence-corrected chi connectivity index (χ3v) is 4.52. The summed E-state index contributed by atoms with van der Waals surface area (Å²) in [4.78, 5) is 33.3.